The monoisotopic (exact) mass is 242 g/mol. The molecule has 0 fully saturated rings. The number of hydrogen-bond donors (Lipinski definition) is 0. The van der Waals surface area contributed by atoms with Gasteiger partial charge in [0.05, 0.1) is 0 Å². The average Bonchev–Trinajstić information content (AvgIpc) is 2.39. The van der Waals surface area contributed by atoms with Gasteiger partial charge in [0.25, 0.3) is 0 Å². The number of benzene rings is 2. The third kappa shape index (κ3) is 3.68. The van der Waals surface area contributed by atoms with Gasteiger partial charge in [-0.3, -0.25) is 0 Å². The largest absolute Gasteiger partial charge is 0.133 e. The average molecular weight is 242 g/mol. The fourth-order valence-corrected chi connectivity index (χ4v) is 2.16. The van der Waals surface area contributed by atoms with Crippen molar-refractivity contribution in [3.05, 3.63) is 70.8 Å². The van der Waals surface area contributed by atoms with Gasteiger partial charge in [0.15, 0.2) is 0 Å². The van der Waals surface area contributed by atoms with Gasteiger partial charge in [0.1, 0.15) is 0 Å². The summed E-state index contributed by atoms with van der Waals surface area (Å²) in [6.45, 7) is 2.13. The van der Waals surface area contributed by atoms with E-state index in [0.29, 0.717) is 0 Å². The van der Waals surface area contributed by atoms with Crippen LogP contribution in [0.1, 0.15) is 22.3 Å². The highest BCUT2D eigenvalue weighted by molar-refractivity contribution is 7.15. The van der Waals surface area contributed by atoms with Crippen LogP contribution in [0.4, 0.5) is 0 Å². The molecule has 0 aliphatic carbocycles. The zero-order valence-electron chi connectivity index (χ0n) is 10.3. The molecule has 1 atom stereocenters. The quantitative estimate of drug-likeness (QED) is 0.706. The van der Waals surface area contributed by atoms with Crippen molar-refractivity contribution in [1.82, 2.24) is 0 Å². The zero-order chi connectivity index (χ0) is 12.1. The Labute approximate surface area is 106 Å². The Bertz CT molecular complexity index is 454. The lowest BCUT2D eigenvalue weighted by Gasteiger charge is -2.04. The maximum atomic E-state index is 2.76. The van der Waals surface area contributed by atoms with Gasteiger partial charge < -0.3 is 0 Å². The Morgan fingerprint density at radius 2 is 1.12 bits per heavy atom. The second-order valence-electron chi connectivity index (χ2n) is 4.51. The minimum absolute atomic E-state index is 1.04. The third-order valence-electron chi connectivity index (χ3n) is 3.08. The second-order valence-corrected chi connectivity index (χ2v) is 4.91. The first-order chi connectivity index (χ1) is 8.28. The summed E-state index contributed by atoms with van der Waals surface area (Å²) in [4.78, 5) is 0. The summed E-state index contributed by atoms with van der Waals surface area (Å²) in [5, 5.41) is 0. The van der Waals surface area contributed by atoms with Crippen molar-refractivity contribution in [2.45, 2.75) is 25.9 Å². The first kappa shape index (κ1) is 12.3. The highest BCUT2D eigenvalue weighted by atomic mass is 31.0. The summed E-state index contributed by atoms with van der Waals surface area (Å²) in [6.07, 6.45) is 3.29. The predicted molar refractivity (Wildman–Crippen MR) is 78.4 cm³/mol. The fourth-order valence-electron chi connectivity index (χ4n) is 1.89. The van der Waals surface area contributed by atoms with Gasteiger partial charge in [0.2, 0.25) is 0 Å². The van der Waals surface area contributed by atoms with E-state index in [1.54, 1.807) is 0 Å². The van der Waals surface area contributed by atoms with E-state index in [1.165, 1.54) is 22.3 Å². The van der Waals surface area contributed by atoms with Gasteiger partial charge >= 0.3 is 0 Å². The predicted octanol–water partition coefficient (Wildman–Crippen LogP) is 4.16. The molecule has 88 valence electrons. The van der Waals surface area contributed by atoms with Crippen LogP contribution in [0.2, 0.25) is 0 Å². The lowest BCUT2D eigenvalue weighted by Crippen LogP contribution is -1.91. The van der Waals surface area contributed by atoms with Gasteiger partial charge in [-0.05, 0) is 42.6 Å². The van der Waals surface area contributed by atoms with E-state index in [1.807, 2.05) is 0 Å². The summed E-state index contributed by atoms with van der Waals surface area (Å²) in [5.41, 5.74) is 5.56. The summed E-state index contributed by atoms with van der Waals surface area (Å²) < 4.78 is 0. The summed E-state index contributed by atoms with van der Waals surface area (Å²) in [5.74, 6) is 0. The molecular weight excluding hydrogens is 223 g/mol. The van der Waals surface area contributed by atoms with Crippen LogP contribution in [0, 0.1) is 6.92 Å². The molecule has 0 radical (unpaired) electrons. The van der Waals surface area contributed by atoms with E-state index in [4.69, 9.17) is 0 Å². The molecule has 2 aromatic carbocycles. The third-order valence-corrected chi connectivity index (χ3v) is 3.55. The summed E-state index contributed by atoms with van der Waals surface area (Å²) >= 11 is 0. The van der Waals surface area contributed by atoms with Crippen LogP contribution in [0.3, 0.4) is 0 Å². The standard InChI is InChI=1S/C16H19P/c1-13-2-4-14(5-3-13)6-7-15-8-10-16(12-17)11-9-15/h2-5,8-11H,6-7,12,17H2,1H3. The van der Waals surface area contributed by atoms with E-state index in [2.05, 4.69) is 64.7 Å². The van der Waals surface area contributed by atoms with Crippen LogP contribution in [-0.4, -0.2) is 0 Å². The topological polar surface area (TPSA) is 0 Å². The molecule has 0 aliphatic heterocycles. The molecule has 0 bridgehead atoms. The summed E-state index contributed by atoms with van der Waals surface area (Å²) in [7, 11) is 2.76. The molecule has 1 unspecified atom stereocenters. The molecule has 0 heterocycles. The first-order valence-corrected chi connectivity index (χ1v) is 6.93. The maximum Gasteiger partial charge on any atom is -0.0128 e. The molecule has 0 saturated heterocycles. The van der Waals surface area contributed by atoms with E-state index in [0.717, 1.165) is 19.0 Å². The van der Waals surface area contributed by atoms with Gasteiger partial charge in [0, 0.05) is 0 Å². The van der Waals surface area contributed by atoms with Gasteiger partial charge in [-0.25, -0.2) is 0 Å². The van der Waals surface area contributed by atoms with Crippen LogP contribution in [0.25, 0.3) is 0 Å². The van der Waals surface area contributed by atoms with Gasteiger partial charge in [-0.1, -0.05) is 54.1 Å². The Hall–Kier alpha value is -1.13. The van der Waals surface area contributed by atoms with E-state index >= 15 is 0 Å². The number of aryl methyl sites for hydroxylation is 3. The van der Waals surface area contributed by atoms with Crippen molar-refractivity contribution in [3.63, 3.8) is 0 Å². The molecule has 0 aromatic heterocycles. The molecule has 0 spiro atoms. The van der Waals surface area contributed by atoms with Crippen molar-refractivity contribution in [3.8, 4) is 0 Å². The van der Waals surface area contributed by atoms with Crippen LogP contribution >= 0.6 is 9.24 Å². The molecule has 0 aliphatic rings. The number of rotatable bonds is 4. The van der Waals surface area contributed by atoms with Crippen molar-refractivity contribution in [2.24, 2.45) is 0 Å². The minimum atomic E-state index is 1.04. The lowest BCUT2D eigenvalue weighted by molar-refractivity contribution is 0.958. The van der Waals surface area contributed by atoms with Crippen LogP contribution < -0.4 is 0 Å². The molecule has 0 saturated carbocycles. The smallest absolute Gasteiger partial charge is 0.0128 e. The first-order valence-electron chi connectivity index (χ1n) is 6.11. The minimum Gasteiger partial charge on any atom is -0.133 e. The van der Waals surface area contributed by atoms with Crippen LogP contribution in [0.15, 0.2) is 48.5 Å². The van der Waals surface area contributed by atoms with Crippen LogP contribution in [0.5, 0.6) is 0 Å². The van der Waals surface area contributed by atoms with E-state index < -0.39 is 0 Å². The molecular formula is C16H19P. The molecule has 1 heteroatoms. The van der Waals surface area contributed by atoms with E-state index in [-0.39, 0.29) is 0 Å². The van der Waals surface area contributed by atoms with E-state index in [9.17, 15) is 0 Å². The van der Waals surface area contributed by atoms with Crippen molar-refractivity contribution < 1.29 is 0 Å². The summed E-state index contributed by atoms with van der Waals surface area (Å²) in [6, 6.07) is 17.8. The molecule has 2 aromatic rings. The van der Waals surface area contributed by atoms with Gasteiger partial charge in [-0.2, -0.15) is 0 Å². The van der Waals surface area contributed by atoms with Crippen LogP contribution in [-0.2, 0) is 19.0 Å². The SMILES string of the molecule is Cc1ccc(CCc2ccc(CP)cc2)cc1. The maximum absolute atomic E-state index is 2.76. The molecule has 2 rings (SSSR count). The fraction of sp³-hybridized carbons (Fsp3) is 0.250. The lowest BCUT2D eigenvalue weighted by atomic mass is 10.0. The zero-order valence-corrected chi connectivity index (χ0v) is 11.5. The second kappa shape index (κ2) is 5.98. The molecule has 0 amide bonds. The Morgan fingerprint density at radius 1 is 0.706 bits per heavy atom. The highest BCUT2D eigenvalue weighted by Gasteiger charge is 1.96. The van der Waals surface area contributed by atoms with Crippen molar-refractivity contribution in [1.29, 1.82) is 0 Å². The molecule has 0 N–H and O–H groups in total. The Morgan fingerprint density at radius 3 is 1.59 bits per heavy atom. The normalized spacial score (nSPS) is 10.5. The Kier molecular flexibility index (Phi) is 4.34. The number of hydrogen-bond acceptors (Lipinski definition) is 0. The highest BCUT2D eigenvalue weighted by Crippen LogP contribution is 2.11. The Balaban J connectivity index is 1.95. The van der Waals surface area contributed by atoms with Gasteiger partial charge in [-0.15, -0.1) is 9.24 Å². The molecule has 17 heavy (non-hydrogen) atoms. The van der Waals surface area contributed by atoms with Crippen molar-refractivity contribution in [2.75, 3.05) is 0 Å². The molecule has 0 nitrogen and oxygen atoms in total. The van der Waals surface area contributed by atoms with Crippen molar-refractivity contribution >= 4 is 9.24 Å².